The Kier molecular flexibility index (Phi) is 7.23. The fourth-order valence-corrected chi connectivity index (χ4v) is 4.39. The molecule has 0 saturated carbocycles. The maximum Gasteiger partial charge on any atom is 0.416 e. The van der Waals surface area contributed by atoms with Gasteiger partial charge in [0.1, 0.15) is 5.82 Å². The molecule has 1 N–H and O–H groups in total. The highest BCUT2D eigenvalue weighted by Gasteiger charge is 2.39. The van der Waals surface area contributed by atoms with Gasteiger partial charge in [0.15, 0.2) is 6.29 Å². The van der Waals surface area contributed by atoms with Crippen LogP contribution in [0, 0.1) is 6.92 Å². The Labute approximate surface area is 198 Å². The number of imidazole rings is 1. The molecule has 188 valence electrons. The van der Waals surface area contributed by atoms with Crippen molar-refractivity contribution < 1.29 is 35.8 Å². The van der Waals surface area contributed by atoms with Gasteiger partial charge >= 0.3 is 12.4 Å². The molecule has 0 radical (unpaired) electrons. The van der Waals surface area contributed by atoms with Crippen molar-refractivity contribution in [2.75, 3.05) is 13.2 Å². The molecule has 3 atom stereocenters. The molecular formula is C25H24F6N2O2. The van der Waals surface area contributed by atoms with Gasteiger partial charge in [-0.1, -0.05) is 30.3 Å². The van der Waals surface area contributed by atoms with Crippen molar-refractivity contribution in [2.45, 2.75) is 50.2 Å². The van der Waals surface area contributed by atoms with E-state index in [1.807, 2.05) is 37.3 Å². The van der Waals surface area contributed by atoms with Gasteiger partial charge in [0.05, 0.1) is 24.3 Å². The quantitative estimate of drug-likeness (QED) is 0.388. The number of aromatic nitrogens is 2. The number of nitrogens with one attached hydrogen (secondary N) is 1. The minimum absolute atomic E-state index is 0.0600. The van der Waals surface area contributed by atoms with E-state index >= 15 is 0 Å². The van der Waals surface area contributed by atoms with Crippen molar-refractivity contribution in [3.05, 3.63) is 88.5 Å². The number of H-pyrrole nitrogens is 1. The predicted molar refractivity (Wildman–Crippen MR) is 116 cm³/mol. The normalized spacial score (nSPS) is 21.3. The molecule has 4 rings (SSSR count). The highest BCUT2D eigenvalue weighted by atomic mass is 19.4. The molecule has 1 aliphatic rings. The van der Waals surface area contributed by atoms with E-state index < -0.39 is 29.8 Å². The summed E-state index contributed by atoms with van der Waals surface area (Å²) in [7, 11) is 0. The number of rotatable bonds is 6. The van der Waals surface area contributed by atoms with E-state index in [0.29, 0.717) is 13.0 Å². The Morgan fingerprint density at radius 3 is 2.23 bits per heavy atom. The van der Waals surface area contributed by atoms with E-state index in [9.17, 15) is 26.3 Å². The predicted octanol–water partition coefficient (Wildman–Crippen LogP) is 6.63. The zero-order valence-electron chi connectivity index (χ0n) is 18.8. The smallest absolute Gasteiger partial charge is 0.352 e. The summed E-state index contributed by atoms with van der Waals surface area (Å²) in [6.45, 7) is 2.16. The van der Waals surface area contributed by atoms with Crippen LogP contribution < -0.4 is 0 Å². The van der Waals surface area contributed by atoms with Crippen LogP contribution in [0.5, 0.6) is 0 Å². The summed E-state index contributed by atoms with van der Waals surface area (Å²) >= 11 is 0. The maximum atomic E-state index is 13.2. The van der Waals surface area contributed by atoms with Crippen molar-refractivity contribution in [3.63, 3.8) is 0 Å². The second kappa shape index (κ2) is 10.0. The molecule has 1 unspecified atom stereocenters. The van der Waals surface area contributed by atoms with Gasteiger partial charge < -0.3 is 14.5 Å². The number of hydrogen-bond donors (Lipinski definition) is 1. The lowest BCUT2D eigenvalue weighted by Crippen LogP contribution is -2.36. The Bertz CT molecular complexity index is 1090. The molecule has 0 bridgehead atoms. The average Bonchev–Trinajstić information content (AvgIpc) is 3.24. The molecule has 1 fully saturated rings. The Morgan fingerprint density at radius 2 is 1.66 bits per heavy atom. The topological polar surface area (TPSA) is 47.1 Å². The van der Waals surface area contributed by atoms with Crippen molar-refractivity contribution in [2.24, 2.45) is 0 Å². The third kappa shape index (κ3) is 6.05. The van der Waals surface area contributed by atoms with Gasteiger partial charge in [0.25, 0.3) is 0 Å². The highest BCUT2D eigenvalue weighted by molar-refractivity contribution is 5.34. The van der Waals surface area contributed by atoms with Crippen molar-refractivity contribution in [1.82, 2.24) is 9.97 Å². The summed E-state index contributed by atoms with van der Waals surface area (Å²) in [6.07, 6.45) is -8.26. The summed E-state index contributed by atoms with van der Waals surface area (Å²) < 4.78 is 90.8. The first-order chi connectivity index (χ1) is 16.5. The van der Waals surface area contributed by atoms with Crippen molar-refractivity contribution >= 4 is 0 Å². The number of alkyl halides is 6. The zero-order valence-corrected chi connectivity index (χ0v) is 18.8. The Balaban J connectivity index is 1.54. The maximum absolute atomic E-state index is 13.2. The molecule has 35 heavy (non-hydrogen) atoms. The second-order valence-corrected chi connectivity index (χ2v) is 8.56. The van der Waals surface area contributed by atoms with E-state index in [4.69, 9.17) is 9.47 Å². The van der Waals surface area contributed by atoms with E-state index in [1.54, 1.807) is 6.20 Å². The average molecular weight is 498 g/mol. The van der Waals surface area contributed by atoms with Crippen LogP contribution in [0.25, 0.3) is 0 Å². The summed E-state index contributed by atoms with van der Waals surface area (Å²) in [5, 5.41) is 0. The van der Waals surface area contributed by atoms with Gasteiger partial charge in [-0.2, -0.15) is 26.3 Å². The molecule has 1 aliphatic heterocycles. The summed E-state index contributed by atoms with van der Waals surface area (Å²) in [4.78, 5) is 7.72. The Morgan fingerprint density at radius 1 is 1.00 bits per heavy atom. The monoisotopic (exact) mass is 498 g/mol. The number of benzene rings is 2. The van der Waals surface area contributed by atoms with Crippen molar-refractivity contribution in [1.29, 1.82) is 0 Å². The molecule has 10 heteroatoms. The van der Waals surface area contributed by atoms with Crippen LogP contribution in [0.2, 0.25) is 0 Å². The summed E-state index contributed by atoms with van der Waals surface area (Å²) in [6, 6.07) is 11.1. The number of ether oxygens (including phenoxy) is 2. The third-order valence-electron chi connectivity index (χ3n) is 6.02. The standard InChI is InChI=1S/C25H24F6N2O2/c1-15-14-32-22(33-15)20-8-10-35-23(21(20)17-5-3-2-4-6-17)34-9-7-16-11-18(24(26,27)28)13-19(12-16)25(29,30)31/h2-6,11-14,20-21,23H,7-10H2,1H3,(H,32,33)/t20-,21+,23?/m1/s1. The van der Waals surface area contributed by atoms with Crippen LogP contribution >= 0.6 is 0 Å². The van der Waals surface area contributed by atoms with E-state index in [1.165, 1.54) is 0 Å². The van der Waals surface area contributed by atoms with Crippen LogP contribution in [0.1, 0.15) is 52.0 Å². The zero-order chi connectivity index (χ0) is 25.2. The lowest BCUT2D eigenvalue weighted by Gasteiger charge is -2.37. The number of aryl methyl sites for hydroxylation is 1. The fourth-order valence-electron chi connectivity index (χ4n) is 4.39. The fraction of sp³-hybridized carbons (Fsp3) is 0.400. The van der Waals surface area contributed by atoms with Gasteiger partial charge in [0.2, 0.25) is 0 Å². The van der Waals surface area contributed by atoms with Gasteiger partial charge in [-0.3, -0.25) is 0 Å². The molecule has 3 aromatic rings. The first-order valence-electron chi connectivity index (χ1n) is 11.1. The summed E-state index contributed by atoms with van der Waals surface area (Å²) in [5.41, 5.74) is -0.953. The molecule has 0 spiro atoms. The van der Waals surface area contributed by atoms with Gasteiger partial charge in [-0.15, -0.1) is 0 Å². The van der Waals surface area contributed by atoms with Gasteiger partial charge in [0, 0.05) is 23.7 Å². The van der Waals surface area contributed by atoms with Crippen LogP contribution in [0.4, 0.5) is 26.3 Å². The van der Waals surface area contributed by atoms with Crippen LogP contribution in [0.15, 0.2) is 54.7 Å². The molecule has 0 amide bonds. The van der Waals surface area contributed by atoms with Crippen molar-refractivity contribution in [3.8, 4) is 0 Å². The van der Waals surface area contributed by atoms with Crippen LogP contribution in [-0.2, 0) is 28.2 Å². The third-order valence-corrected chi connectivity index (χ3v) is 6.02. The number of hydrogen-bond acceptors (Lipinski definition) is 3. The molecule has 0 aliphatic carbocycles. The molecule has 2 aromatic carbocycles. The largest absolute Gasteiger partial charge is 0.416 e. The first kappa shape index (κ1) is 25.2. The Hall–Kier alpha value is -2.85. The lowest BCUT2D eigenvalue weighted by atomic mass is 9.81. The van der Waals surface area contributed by atoms with Gasteiger partial charge in [-0.05, 0) is 49.1 Å². The van der Waals surface area contributed by atoms with Crippen LogP contribution in [0.3, 0.4) is 0 Å². The molecular weight excluding hydrogens is 474 g/mol. The van der Waals surface area contributed by atoms with E-state index in [-0.39, 0.29) is 36.5 Å². The van der Waals surface area contributed by atoms with Gasteiger partial charge in [-0.25, -0.2) is 4.98 Å². The van der Waals surface area contributed by atoms with Crippen LogP contribution in [-0.4, -0.2) is 29.5 Å². The van der Waals surface area contributed by atoms with E-state index in [2.05, 4.69) is 9.97 Å². The lowest BCUT2D eigenvalue weighted by molar-refractivity contribution is -0.179. The molecule has 1 aromatic heterocycles. The van der Waals surface area contributed by atoms with E-state index in [0.717, 1.165) is 29.2 Å². The minimum atomic E-state index is -4.89. The highest BCUT2D eigenvalue weighted by Crippen LogP contribution is 2.42. The number of nitrogens with zero attached hydrogens (tertiary/aromatic N) is 1. The number of halogens is 6. The number of aromatic amines is 1. The SMILES string of the molecule is Cc1cnc([C@@H]2CCOC(OCCc3cc(C(F)(F)F)cc(C(F)(F)F)c3)[C@H]2c2ccccc2)[nH]1. The second-order valence-electron chi connectivity index (χ2n) is 8.56. The molecule has 2 heterocycles. The molecule has 4 nitrogen and oxygen atoms in total. The first-order valence-corrected chi connectivity index (χ1v) is 11.1. The minimum Gasteiger partial charge on any atom is -0.352 e. The molecule has 1 saturated heterocycles. The summed E-state index contributed by atoms with van der Waals surface area (Å²) in [5.74, 6) is 0.457.